The normalized spacial score (nSPS) is 12.3. The first kappa shape index (κ1) is 26.5. The van der Waals surface area contributed by atoms with Gasteiger partial charge in [0, 0.05) is 22.0 Å². The molecule has 35 heavy (non-hydrogen) atoms. The van der Waals surface area contributed by atoms with Gasteiger partial charge in [0.25, 0.3) is 0 Å². The topological polar surface area (TPSA) is 98.5 Å². The molecule has 0 saturated carbocycles. The van der Waals surface area contributed by atoms with Crippen molar-refractivity contribution in [2.75, 3.05) is 24.2 Å². The molecule has 2 aromatic carbocycles. The van der Waals surface area contributed by atoms with Crippen LogP contribution in [0.4, 0.5) is 20.6 Å². The molecule has 188 valence electrons. The van der Waals surface area contributed by atoms with Crippen molar-refractivity contribution < 1.29 is 18.7 Å². The first-order valence-corrected chi connectivity index (χ1v) is 12.3. The average Bonchev–Trinajstić information content (AvgIpc) is 2.76. The lowest BCUT2D eigenvalue weighted by molar-refractivity contribution is 0.0507. The number of carbonyl (C=O) groups is 1. The maximum atomic E-state index is 13.9. The monoisotopic (exact) mass is 546 g/mol. The number of halogens is 2. The Morgan fingerprint density at radius 2 is 1.97 bits per heavy atom. The zero-order chi connectivity index (χ0) is 25.6. The van der Waals surface area contributed by atoms with Gasteiger partial charge in [-0.2, -0.15) is 0 Å². The van der Waals surface area contributed by atoms with Crippen LogP contribution in [-0.4, -0.2) is 29.8 Å². The second kappa shape index (κ2) is 11.6. The summed E-state index contributed by atoms with van der Waals surface area (Å²) < 4.78 is 26.1. The number of rotatable bonds is 9. The van der Waals surface area contributed by atoms with Crippen LogP contribution in [0.5, 0.6) is 5.75 Å². The number of fused-ring (bicyclic) bond motifs is 1. The van der Waals surface area contributed by atoms with E-state index in [-0.39, 0.29) is 0 Å². The Hall–Kier alpha value is -3.07. The van der Waals surface area contributed by atoms with E-state index >= 15 is 0 Å². The molecule has 3 rings (SSSR count). The molecular formula is C26H32BrFN4O3. The number of carbonyl (C=O) groups excluding carboxylic acids is 1. The van der Waals surface area contributed by atoms with E-state index in [1.54, 1.807) is 40.0 Å². The molecule has 7 nitrogen and oxygen atoms in total. The van der Waals surface area contributed by atoms with Gasteiger partial charge in [0.05, 0.1) is 35.7 Å². The van der Waals surface area contributed by atoms with E-state index in [0.29, 0.717) is 30.2 Å². The minimum atomic E-state index is -0.622. The first-order valence-electron chi connectivity index (χ1n) is 11.5. The molecule has 4 N–H and O–H groups in total. The van der Waals surface area contributed by atoms with Gasteiger partial charge in [-0.05, 0) is 76.9 Å². The van der Waals surface area contributed by atoms with Gasteiger partial charge < -0.3 is 25.8 Å². The van der Waals surface area contributed by atoms with Crippen LogP contribution in [0.3, 0.4) is 0 Å². The number of nitrogens with one attached hydrogen (secondary N) is 2. The maximum Gasteiger partial charge on any atom is 0.408 e. The summed E-state index contributed by atoms with van der Waals surface area (Å²) in [6, 6.07) is 9.69. The molecule has 9 heteroatoms. The molecular weight excluding hydrogens is 515 g/mol. The number of amides is 1. The number of benzene rings is 2. The molecule has 0 bridgehead atoms. The zero-order valence-electron chi connectivity index (χ0n) is 20.5. The van der Waals surface area contributed by atoms with Gasteiger partial charge in [-0.1, -0.05) is 15.9 Å². The van der Waals surface area contributed by atoms with E-state index in [2.05, 4.69) is 31.5 Å². The molecule has 0 radical (unpaired) electrons. The molecule has 1 atom stereocenters. The number of nitrogens with two attached hydrogens (primary N) is 1. The lowest BCUT2D eigenvalue weighted by Crippen LogP contribution is -2.34. The smallest absolute Gasteiger partial charge is 0.408 e. The summed E-state index contributed by atoms with van der Waals surface area (Å²) in [7, 11) is 0. The highest BCUT2D eigenvalue weighted by atomic mass is 79.9. The number of aromatic nitrogens is 1. The number of alkyl carbamates (subject to hydrolysis) is 1. The number of nitrogen functional groups attached to an aromatic ring is 1. The van der Waals surface area contributed by atoms with Crippen LogP contribution in [0.1, 0.15) is 52.1 Å². The largest absolute Gasteiger partial charge is 0.493 e. The standard InChI is InChI=1S/C26H32BrFN4O3/c1-16(32-25(33)35-26(2,3)4)19-14-18(28)8-10-23(19)34-12-6-5-11-30-24-20-13-17(27)7-9-22(20)31-15-21(24)29/h7-10,13-16H,5-6,11-12,29H2,1-4H3,(H,30,31)(H,32,33). The lowest BCUT2D eigenvalue weighted by Gasteiger charge is -2.23. The Kier molecular flexibility index (Phi) is 8.77. The minimum Gasteiger partial charge on any atom is -0.493 e. The van der Waals surface area contributed by atoms with Crippen LogP contribution < -0.4 is 21.1 Å². The molecule has 0 aliphatic rings. The van der Waals surface area contributed by atoms with Gasteiger partial charge in [-0.25, -0.2) is 9.18 Å². The van der Waals surface area contributed by atoms with E-state index in [1.807, 2.05) is 18.2 Å². The van der Waals surface area contributed by atoms with Crippen LogP contribution in [0.2, 0.25) is 0 Å². The number of ether oxygens (including phenoxy) is 2. The Morgan fingerprint density at radius 1 is 1.20 bits per heavy atom. The molecule has 0 fully saturated rings. The number of unbranched alkanes of at least 4 members (excludes halogenated alkanes) is 1. The predicted molar refractivity (Wildman–Crippen MR) is 141 cm³/mol. The molecule has 1 heterocycles. The maximum absolute atomic E-state index is 13.9. The van der Waals surface area contributed by atoms with Crippen molar-refractivity contribution in [3.8, 4) is 5.75 Å². The van der Waals surface area contributed by atoms with E-state index in [9.17, 15) is 9.18 Å². The minimum absolute atomic E-state index is 0.400. The summed E-state index contributed by atoms with van der Waals surface area (Å²) in [5, 5.41) is 7.10. The lowest BCUT2D eigenvalue weighted by atomic mass is 10.1. The van der Waals surface area contributed by atoms with Crippen LogP contribution in [0.25, 0.3) is 10.9 Å². The van der Waals surface area contributed by atoms with Crippen molar-refractivity contribution in [1.29, 1.82) is 0 Å². The van der Waals surface area contributed by atoms with E-state index in [1.165, 1.54) is 12.1 Å². The van der Waals surface area contributed by atoms with Crippen molar-refractivity contribution in [3.63, 3.8) is 0 Å². The molecule has 0 aliphatic carbocycles. The fourth-order valence-corrected chi connectivity index (χ4v) is 3.91. The van der Waals surface area contributed by atoms with Crippen molar-refractivity contribution >= 4 is 44.3 Å². The van der Waals surface area contributed by atoms with Gasteiger partial charge in [-0.15, -0.1) is 0 Å². The summed E-state index contributed by atoms with van der Waals surface area (Å²) in [4.78, 5) is 16.5. The van der Waals surface area contributed by atoms with E-state index in [0.717, 1.165) is 33.9 Å². The van der Waals surface area contributed by atoms with Crippen LogP contribution in [0, 0.1) is 5.82 Å². The highest BCUT2D eigenvalue weighted by Gasteiger charge is 2.20. The summed E-state index contributed by atoms with van der Waals surface area (Å²) in [5.74, 6) is 0.125. The molecule has 0 aliphatic heterocycles. The zero-order valence-corrected chi connectivity index (χ0v) is 22.0. The van der Waals surface area contributed by atoms with Crippen LogP contribution in [0.15, 0.2) is 47.1 Å². The van der Waals surface area contributed by atoms with Gasteiger partial charge >= 0.3 is 6.09 Å². The van der Waals surface area contributed by atoms with Gasteiger partial charge in [0.2, 0.25) is 0 Å². The second-order valence-electron chi connectivity index (χ2n) is 9.28. The third-order valence-electron chi connectivity index (χ3n) is 5.16. The Labute approximate surface area is 213 Å². The fraction of sp³-hybridized carbons (Fsp3) is 0.385. The van der Waals surface area contributed by atoms with Crippen LogP contribution in [-0.2, 0) is 4.74 Å². The fourth-order valence-electron chi connectivity index (χ4n) is 3.55. The average molecular weight is 547 g/mol. The van der Waals surface area contributed by atoms with Gasteiger partial charge in [0.1, 0.15) is 17.2 Å². The number of pyridine rings is 1. The van der Waals surface area contributed by atoms with Gasteiger partial charge in [-0.3, -0.25) is 4.98 Å². The summed E-state index contributed by atoms with van der Waals surface area (Å²) in [6.07, 6.45) is 2.69. The predicted octanol–water partition coefficient (Wildman–Crippen LogP) is 6.58. The quantitative estimate of drug-likeness (QED) is 0.262. The molecule has 1 unspecified atom stereocenters. The van der Waals surface area contributed by atoms with Crippen LogP contribution >= 0.6 is 15.9 Å². The first-order chi connectivity index (χ1) is 16.5. The molecule has 1 amide bonds. The summed E-state index contributed by atoms with van der Waals surface area (Å²) >= 11 is 3.50. The third-order valence-corrected chi connectivity index (χ3v) is 5.65. The number of anilines is 2. The molecule has 0 spiro atoms. The number of hydrogen-bond acceptors (Lipinski definition) is 6. The Morgan fingerprint density at radius 3 is 2.71 bits per heavy atom. The van der Waals surface area contributed by atoms with E-state index < -0.39 is 23.6 Å². The second-order valence-corrected chi connectivity index (χ2v) is 10.2. The summed E-state index contributed by atoms with van der Waals surface area (Å²) in [5.41, 5.74) is 8.39. The summed E-state index contributed by atoms with van der Waals surface area (Å²) in [6.45, 7) is 8.26. The molecule has 3 aromatic rings. The Balaban J connectivity index is 1.53. The SMILES string of the molecule is CC(NC(=O)OC(C)(C)C)c1cc(F)ccc1OCCCCNc1c(N)cnc2ccc(Br)cc12. The molecule has 1 aromatic heterocycles. The van der Waals surface area contributed by atoms with Crippen molar-refractivity contribution in [2.24, 2.45) is 0 Å². The van der Waals surface area contributed by atoms with Gasteiger partial charge in [0.15, 0.2) is 0 Å². The highest BCUT2D eigenvalue weighted by Crippen LogP contribution is 2.30. The van der Waals surface area contributed by atoms with Crippen molar-refractivity contribution in [2.45, 2.75) is 52.2 Å². The highest BCUT2D eigenvalue weighted by molar-refractivity contribution is 9.10. The number of hydrogen-bond donors (Lipinski definition) is 3. The van der Waals surface area contributed by atoms with E-state index in [4.69, 9.17) is 15.2 Å². The third kappa shape index (κ3) is 7.71. The van der Waals surface area contributed by atoms with Crippen molar-refractivity contribution in [1.82, 2.24) is 10.3 Å². The Bertz CT molecular complexity index is 1180. The van der Waals surface area contributed by atoms with Crippen molar-refractivity contribution in [3.05, 3.63) is 58.4 Å². The molecule has 0 saturated heterocycles. The number of nitrogens with zero attached hydrogens (tertiary/aromatic N) is 1.